The first-order chi connectivity index (χ1) is 11.4. The molecule has 0 aliphatic heterocycles. The lowest BCUT2D eigenvalue weighted by molar-refractivity contribution is 0.0478. The van der Waals surface area contributed by atoms with Crippen LogP contribution in [0.3, 0.4) is 0 Å². The quantitative estimate of drug-likeness (QED) is 0.519. The molecule has 1 heterocycles. The third-order valence-electron chi connectivity index (χ3n) is 3.24. The summed E-state index contributed by atoms with van der Waals surface area (Å²) in [6.07, 6.45) is 0. The zero-order valence-electron chi connectivity index (χ0n) is 12.0. The number of carbonyl (C=O) groups excluding carboxylic acids is 2. The molecule has 0 unspecified atom stereocenters. The van der Waals surface area contributed by atoms with Crippen LogP contribution >= 0.6 is 11.3 Å². The molecular weight excluding hydrogens is 341 g/mol. The minimum atomic E-state index is -0.894. The van der Waals surface area contributed by atoms with Gasteiger partial charge < -0.3 is 4.74 Å². The smallest absolute Gasteiger partial charge is 0.348 e. The topological polar surface area (TPSA) is 43.4 Å². The van der Waals surface area contributed by atoms with Crippen LogP contribution in [0.25, 0.3) is 10.1 Å². The van der Waals surface area contributed by atoms with Gasteiger partial charge in [-0.15, -0.1) is 11.3 Å². The fourth-order valence-corrected chi connectivity index (χ4v) is 3.04. The van der Waals surface area contributed by atoms with Gasteiger partial charge in [0.1, 0.15) is 22.3 Å². The van der Waals surface area contributed by atoms with Gasteiger partial charge in [-0.25, -0.2) is 18.0 Å². The Balaban J connectivity index is 1.72. The molecule has 0 atom stereocenters. The van der Waals surface area contributed by atoms with E-state index in [0.29, 0.717) is 10.1 Å². The van der Waals surface area contributed by atoms with Gasteiger partial charge in [0, 0.05) is 4.70 Å². The molecule has 122 valence electrons. The number of hydrogen-bond donors (Lipinski definition) is 0. The predicted molar refractivity (Wildman–Crippen MR) is 82.8 cm³/mol. The van der Waals surface area contributed by atoms with Crippen LogP contribution in [0.15, 0.2) is 42.5 Å². The summed E-state index contributed by atoms with van der Waals surface area (Å²) in [4.78, 5) is 24.0. The number of esters is 1. The van der Waals surface area contributed by atoms with E-state index in [-0.39, 0.29) is 4.88 Å². The summed E-state index contributed by atoms with van der Waals surface area (Å²) in [6.45, 7) is -0.720. The Bertz CT molecular complexity index is 949. The molecule has 3 aromatic rings. The van der Waals surface area contributed by atoms with Crippen molar-refractivity contribution in [1.82, 2.24) is 0 Å². The van der Waals surface area contributed by atoms with E-state index in [9.17, 15) is 22.8 Å². The fraction of sp³-hybridized carbons (Fsp3) is 0.0588. The summed E-state index contributed by atoms with van der Waals surface area (Å²) in [5.41, 5.74) is -0.485. The van der Waals surface area contributed by atoms with E-state index in [1.807, 2.05) is 0 Å². The minimum Gasteiger partial charge on any atom is -0.453 e. The van der Waals surface area contributed by atoms with Crippen molar-refractivity contribution in [3.8, 4) is 0 Å². The Morgan fingerprint density at radius 1 is 0.958 bits per heavy atom. The number of carbonyl (C=O) groups is 2. The van der Waals surface area contributed by atoms with Crippen LogP contribution in [-0.4, -0.2) is 18.4 Å². The van der Waals surface area contributed by atoms with Crippen molar-refractivity contribution >= 4 is 33.2 Å². The Labute approximate surface area is 138 Å². The molecule has 1 aromatic heterocycles. The molecule has 0 saturated heterocycles. The number of ether oxygens (including phenoxy) is 1. The van der Waals surface area contributed by atoms with Crippen LogP contribution in [0.5, 0.6) is 0 Å². The molecule has 0 spiro atoms. The number of ketones is 1. The SMILES string of the molecule is O=C(OCC(=O)c1cc(F)ccc1F)c1cc2cc(F)ccc2s1. The zero-order chi connectivity index (χ0) is 17.3. The molecule has 0 N–H and O–H groups in total. The first-order valence-corrected chi connectivity index (χ1v) is 7.60. The molecule has 0 radical (unpaired) electrons. The van der Waals surface area contributed by atoms with E-state index in [4.69, 9.17) is 4.74 Å². The van der Waals surface area contributed by atoms with E-state index < -0.39 is 41.4 Å². The van der Waals surface area contributed by atoms with E-state index >= 15 is 0 Å². The zero-order valence-corrected chi connectivity index (χ0v) is 12.8. The lowest BCUT2D eigenvalue weighted by Gasteiger charge is -2.04. The normalized spacial score (nSPS) is 10.8. The van der Waals surface area contributed by atoms with Crippen molar-refractivity contribution in [2.75, 3.05) is 6.61 Å². The van der Waals surface area contributed by atoms with Crippen molar-refractivity contribution in [2.24, 2.45) is 0 Å². The molecule has 0 fully saturated rings. The Morgan fingerprint density at radius 3 is 2.46 bits per heavy atom. The fourth-order valence-electron chi connectivity index (χ4n) is 2.11. The average molecular weight is 350 g/mol. The highest BCUT2D eigenvalue weighted by atomic mass is 32.1. The highest BCUT2D eigenvalue weighted by molar-refractivity contribution is 7.20. The molecular formula is C17H9F3O3S. The molecule has 7 heteroatoms. The maximum Gasteiger partial charge on any atom is 0.348 e. The van der Waals surface area contributed by atoms with Gasteiger partial charge in [-0.3, -0.25) is 4.79 Å². The number of benzene rings is 2. The number of halogens is 3. The lowest BCUT2D eigenvalue weighted by Crippen LogP contribution is -2.15. The molecule has 0 saturated carbocycles. The van der Waals surface area contributed by atoms with Crippen molar-refractivity contribution < 1.29 is 27.5 Å². The van der Waals surface area contributed by atoms with Crippen LogP contribution in [0.2, 0.25) is 0 Å². The summed E-state index contributed by atoms with van der Waals surface area (Å²) in [5, 5.41) is 0.537. The van der Waals surface area contributed by atoms with E-state index in [1.165, 1.54) is 24.3 Å². The van der Waals surface area contributed by atoms with Gasteiger partial charge >= 0.3 is 5.97 Å². The molecule has 3 rings (SSSR count). The third kappa shape index (κ3) is 3.30. The maximum atomic E-state index is 13.5. The molecule has 0 aliphatic rings. The number of hydrogen-bond acceptors (Lipinski definition) is 4. The van der Waals surface area contributed by atoms with E-state index in [1.54, 1.807) is 0 Å². The van der Waals surface area contributed by atoms with Crippen LogP contribution in [0.1, 0.15) is 20.0 Å². The Hall–Kier alpha value is -2.67. The van der Waals surface area contributed by atoms with Crippen molar-refractivity contribution in [1.29, 1.82) is 0 Å². The van der Waals surface area contributed by atoms with Gasteiger partial charge in [0.05, 0.1) is 5.56 Å². The second-order valence-corrected chi connectivity index (χ2v) is 6.00. The van der Waals surface area contributed by atoms with Crippen LogP contribution in [-0.2, 0) is 4.74 Å². The second kappa shape index (κ2) is 6.45. The summed E-state index contributed by atoms with van der Waals surface area (Å²) in [5.74, 6) is -3.74. The van der Waals surface area contributed by atoms with Crippen molar-refractivity contribution in [3.63, 3.8) is 0 Å². The highest BCUT2D eigenvalue weighted by Crippen LogP contribution is 2.26. The standard InChI is InChI=1S/C17H9F3O3S/c18-10-2-4-15-9(5-10)6-16(24-15)17(22)23-8-14(21)12-7-11(19)1-3-13(12)20/h1-7H,8H2. The number of fused-ring (bicyclic) bond motifs is 1. The van der Waals surface area contributed by atoms with Gasteiger partial charge in [-0.1, -0.05) is 0 Å². The summed E-state index contributed by atoms with van der Waals surface area (Å²) >= 11 is 1.08. The summed E-state index contributed by atoms with van der Waals surface area (Å²) in [7, 11) is 0. The Kier molecular flexibility index (Phi) is 4.35. The van der Waals surface area contributed by atoms with E-state index in [2.05, 4.69) is 0 Å². The number of Topliss-reactive ketones (excluding diaryl/α,β-unsaturated/α-hetero) is 1. The molecule has 0 bridgehead atoms. The van der Waals surface area contributed by atoms with Crippen molar-refractivity contribution in [2.45, 2.75) is 0 Å². The van der Waals surface area contributed by atoms with Crippen LogP contribution in [0, 0.1) is 17.5 Å². The van der Waals surface area contributed by atoms with Crippen LogP contribution in [0.4, 0.5) is 13.2 Å². The lowest BCUT2D eigenvalue weighted by atomic mass is 10.1. The largest absolute Gasteiger partial charge is 0.453 e. The molecule has 2 aromatic carbocycles. The minimum absolute atomic E-state index is 0.183. The average Bonchev–Trinajstić information content (AvgIpc) is 2.97. The van der Waals surface area contributed by atoms with Gasteiger partial charge in [0.25, 0.3) is 0 Å². The first-order valence-electron chi connectivity index (χ1n) is 6.78. The van der Waals surface area contributed by atoms with Crippen molar-refractivity contribution in [3.05, 3.63) is 70.4 Å². The predicted octanol–water partition coefficient (Wildman–Crippen LogP) is 4.36. The van der Waals surface area contributed by atoms with E-state index in [0.717, 1.165) is 29.5 Å². The number of thiophene rings is 1. The highest BCUT2D eigenvalue weighted by Gasteiger charge is 2.17. The third-order valence-corrected chi connectivity index (χ3v) is 4.34. The molecule has 24 heavy (non-hydrogen) atoms. The van der Waals surface area contributed by atoms with Gasteiger partial charge in [0.2, 0.25) is 5.78 Å². The maximum absolute atomic E-state index is 13.5. The monoisotopic (exact) mass is 350 g/mol. The second-order valence-electron chi connectivity index (χ2n) is 4.92. The van der Waals surface area contributed by atoms with Gasteiger partial charge in [0.15, 0.2) is 6.61 Å². The Morgan fingerprint density at radius 2 is 1.67 bits per heavy atom. The molecule has 0 amide bonds. The first kappa shape index (κ1) is 16.2. The van der Waals surface area contributed by atoms with Crippen LogP contribution < -0.4 is 0 Å². The molecule has 0 aliphatic carbocycles. The van der Waals surface area contributed by atoms with Gasteiger partial charge in [-0.05, 0) is 47.9 Å². The number of rotatable bonds is 4. The summed E-state index contributed by atoms with van der Waals surface area (Å²) < 4.78 is 45.2. The summed E-state index contributed by atoms with van der Waals surface area (Å²) in [6, 6.07) is 7.96. The molecule has 3 nitrogen and oxygen atoms in total. The van der Waals surface area contributed by atoms with Gasteiger partial charge in [-0.2, -0.15) is 0 Å².